The van der Waals surface area contributed by atoms with Crippen molar-refractivity contribution in [1.29, 1.82) is 0 Å². The van der Waals surface area contributed by atoms with Crippen LogP contribution in [-0.2, 0) is 5.88 Å². The lowest BCUT2D eigenvalue weighted by molar-refractivity contribution is 0.180. The average molecular weight is 269 g/mol. The van der Waals surface area contributed by atoms with Crippen molar-refractivity contribution in [2.45, 2.75) is 32.1 Å². The molecule has 2 rings (SSSR count). The molecule has 1 fully saturated rings. The van der Waals surface area contributed by atoms with Crippen molar-refractivity contribution >= 4 is 11.6 Å². The van der Waals surface area contributed by atoms with Crippen molar-refractivity contribution in [3.63, 3.8) is 0 Å². The van der Waals surface area contributed by atoms with E-state index in [-0.39, 0.29) is 0 Å². The quantitative estimate of drug-likeness (QED) is 0.768. The van der Waals surface area contributed by atoms with Gasteiger partial charge in [-0.2, -0.15) is 0 Å². The minimum atomic E-state index is 0.506. The molecule has 0 aromatic carbocycles. The van der Waals surface area contributed by atoms with Gasteiger partial charge in [0.15, 0.2) is 0 Å². The molecule has 18 heavy (non-hydrogen) atoms. The molecule has 0 amide bonds. The van der Waals surface area contributed by atoms with Crippen molar-refractivity contribution in [2.24, 2.45) is 0 Å². The topological polar surface area (TPSA) is 25.4 Å². The molecule has 1 saturated heterocycles. The van der Waals surface area contributed by atoms with Crippen LogP contribution in [0.2, 0.25) is 0 Å². The maximum atomic E-state index is 5.84. The summed E-state index contributed by atoms with van der Waals surface area (Å²) in [6.07, 6.45) is 4.01. The second-order valence-corrected chi connectivity index (χ2v) is 5.11. The van der Waals surface area contributed by atoms with Crippen LogP contribution in [0.5, 0.6) is 5.88 Å². The van der Waals surface area contributed by atoms with Gasteiger partial charge in [0.25, 0.3) is 0 Å². The number of aryl methyl sites for hydroxylation is 1. The van der Waals surface area contributed by atoms with E-state index in [2.05, 4.69) is 9.88 Å². The second-order valence-electron chi connectivity index (χ2n) is 4.84. The molecular formula is C14H21ClN2O. The predicted molar refractivity (Wildman–Crippen MR) is 74.3 cm³/mol. The lowest BCUT2D eigenvalue weighted by atomic mass is 10.1. The molecule has 1 aromatic rings. The Bertz CT molecular complexity index is 378. The van der Waals surface area contributed by atoms with Crippen LogP contribution in [0.1, 0.15) is 30.5 Å². The van der Waals surface area contributed by atoms with Crippen LogP contribution in [0, 0.1) is 6.92 Å². The Balaban J connectivity index is 1.80. The van der Waals surface area contributed by atoms with Gasteiger partial charge >= 0.3 is 0 Å². The van der Waals surface area contributed by atoms with Gasteiger partial charge < -0.3 is 4.74 Å². The monoisotopic (exact) mass is 268 g/mol. The van der Waals surface area contributed by atoms with E-state index >= 15 is 0 Å². The van der Waals surface area contributed by atoms with E-state index in [0.29, 0.717) is 18.4 Å². The van der Waals surface area contributed by atoms with Gasteiger partial charge in [0.1, 0.15) is 6.61 Å². The molecule has 1 aromatic heterocycles. The minimum Gasteiger partial charge on any atom is -0.476 e. The lowest BCUT2D eigenvalue weighted by Crippen LogP contribution is -2.33. The van der Waals surface area contributed by atoms with E-state index in [4.69, 9.17) is 16.3 Å². The number of hydrogen-bond acceptors (Lipinski definition) is 3. The summed E-state index contributed by atoms with van der Waals surface area (Å²) < 4.78 is 5.72. The first-order valence-corrected chi connectivity index (χ1v) is 7.20. The lowest BCUT2D eigenvalue weighted by Gasteiger charge is -2.26. The van der Waals surface area contributed by atoms with Crippen LogP contribution in [-0.4, -0.2) is 36.1 Å². The van der Waals surface area contributed by atoms with Crippen molar-refractivity contribution in [3.05, 3.63) is 23.4 Å². The van der Waals surface area contributed by atoms with Gasteiger partial charge in [0, 0.05) is 24.2 Å². The SMILES string of the molecule is Cc1cc(CCl)cc(OCCN2CCCCC2)n1. The molecule has 0 aliphatic carbocycles. The van der Waals surface area contributed by atoms with Crippen LogP contribution < -0.4 is 4.74 Å². The van der Waals surface area contributed by atoms with E-state index in [1.807, 2.05) is 19.1 Å². The zero-order valence-corrected chi connectivity index (χ0v) is 11.7. The summed E-state index contributed by atoms with van der Waals surface area (Å²) in [5.74, 6) is 1.20. The Morgan fingerprint density at radius 1 is 1.28 bits per heavy atom. The molecule has 100 valence electrons. The van der Waals surface area contributed by atoms with Crippen LogP contribution in [0.4, 0.5) is 0 Å². The fourth-order valence-corrected chi connectivity index (χ4v) is 2.47. The summed E-state index contributed by atoms with van der Waals surface area (Å²) >= 11 is 5.84. The Morgan fingerprint density at radius 3 is 2.78 bits per heavy atom. The number of likely N-dealkylation sites (tertiary alicyclic amines) is 1. The van der Waals surface area contributed by atoms with Crippen molar-refractivity contribution in [1.82, 2.24) is 9.88 Å². The third-order valence-electron chi connectivity index (χ3n) is 3.25. The van der Waals surface area contributed by atoms with Crippen molar-refractivity contribution < 1.29 is 4.74 Å². The number of alkyl halides is 1. The van der Waals surface area contributed by atoms with E-state index in [9.17, 15) is 0 Å². The summed E-state index contributed by atoms with van der Waals surface area (Å²) in [5, 5.41) is 0. The highest BCUT2D eigenvalue weighted by Gasteiger charge is 2.09. The summed E-state index contributed by atoms with van der Waals surface area (Å²) in [7, 11) is 0. The molecule has 2 heterocycles. The molecule has 0 bridgehead atoms. The number of ether oxygens (including phenoxy) is 1. The molecule has 0 saturated carbocycles. The number of aromatic nitrogens is 1. The van der Waals surface area contributed by atoms with Crippen LogP contribution in [0.3, 0.4) is 0 Å². The van der Waals surface area contributed by atoms with Crippen molar-refractivity contribution in [2.75, 3.05) is 26.2 Å². The third-order valence-corrected chi connectivity index (χ3v) is 3.56. The molecule has 0 spiro atoms. The van der Waals surface area contributed by atoms with Crippen LogP contribution in [0.15, 0.2) is 12.1 Å². The summed E-state index contributed by atoms with van der Waals surface area (Å²) in [6.45, 7) is 6.08. The Hall–Kier alpha value is -0.800. The van der Waals surface area contributed by atoms with Crippen LogP contribution >= 0.6 is 11.6 Å². The zero-order valence-electron chi connectivity index (χ0n) is 11.0. The highest BCUT2D eigenvalue weighted by Crippen LogP contribution is 2.14. The predicted octanol–water partition coefficient (Wildman–Crippen LogP) is 2.99. The van der Waals surface area contributed by atoms with Crippen molar-refractivity contribution in [3.8, 4) is 5.88 Å². The molecule has 4 heteroatoms. The molecule has 1 aliphatic heterocycles. The van der Waals surface area contributed by atoms with Gasteiger partial charge in [-0.05, 0) is 44.5 Å². The van der Waals surface area contributed by atoms with Gasteiger partial charge in [-0.3, -0.25) is 4.90 Å². The number of rotatable bonds is 5. The van der Waals surface area contributed by atoms with Crippen LogP contribution in [0.25, 0.3) is 0 Å². The summed E-state index contributed by atoms with van der Waals surface area (Å²) in [5.41, 5.74) is 2.03. The third kappa shape index (κ3) is 4.14. The minimum absolute atomic E-state index is 0.506. The highest BCUT2D eigenvalue weighted by atomic mass is 35.5. The average Bonchev–Trinajstić information content (AvgIpc) is 2.39. The van der Waals surface area contributed by atoms with E-state index in [1.54, 1.807) is 0 Å². The Morgan fingerprint density at radius 2 is 2.06 bits per heavy atom. The van der Waals surface area contributed by atoms with Gasteiger partial charge in [0.05, 0.1) is 0 Å². The maximum absolute atomic E-state index is 5.84. The number of nitrogens with zero attached hydrogens (tertiary/aromatic N) is 2. The number of pyridine rings is 1. The fourth-order valence-electron chi connectivity index (χ4n) is 2.32. The number of halogens is 1. The molecule has 0 unspecified atom stereocenters. The second kappa shape index (κ2) is 6.95. The molecular weight excluding hydrogens is 248 g/mol. The highest BCUT2D eigenvalue weighted by molar-refractivity contribution is 6.17. The van der Waals surface area contributed by atoms with E-state index in [0.717, 1.165) is 17.8 Å². The van der Waals surface area contributed by atoms with E-state index in [1.165, 1.54) is 32.4 Å². The molecule has 0 N–H and O–H groups in total. The van der Waals surface area contributed by atoms with Gasteiger partial charge in [0.2, 0.25) is 5.88 Å². The van der Waals surface area contributed by atoms with Gasteiger partial charge in [-0.1, -0.05) is 6.42 Å². The Kier molecular flexibility index (Phi) is 5.26. The Labute approximate surface area is 114 Å². The van der Waals surface area contributed by atoms with Gasteiger partial charge in [-0.25, -0.2) is 4.98 Å². The number of piperidine rings is 1. The largest absolute Gasteiger partial charge is 0.476 e. The zero-order chi connectivity index (χ0) is 12.8. The maximum Gasteiger partial charge on any atom is 0.213 e. The fraction of sp³-hybridized carbons (Fsp3) is 0.643. The standard InChI is InChI=1S/C14H21ClN2O/c1-12-9-13(11-15)10-14(16-12)18-8-7-17-5-3-2-4-6-17/h9-10H,2-8,11H2,1H3. The normalized spacial score (nSPS) is 16.8. The summed E-state index contributed by atoms with van der Waals surface area (Å²) in [6, 6.07) is 3.92. The first-order chi connectivity index (χ1) is 8.78. The molecule has 0 radical (unpaired) electrons. The molecule has 0 atom stereocenters. The molecule has 3 nitrogen and oxygen atoms in total. The first kappa shape index (κ1) is 13.6. The first-order valence-electron chi connectivity index (χ1n) is 6.66. The molecule has 1 aliphatic rings. The number of hydrogen-bond donors (Lipinski definition) is 0. The summed E-state index contributed by atoms with van der Waals surface area (Å²) in [4.78, 5) is 6.83. The smallest absolute Gasteiger partial charge is 0.213 e. The van der Waals surface area contributed by atoms with Gasteiger partial charge in [-0.15, -0.1) is 11.6 Å². The van der Waals surface area contributed by atoms with E-state index < -0.39 is 0 Å².